The molecular formula is C20H18ClF4N5O. The van der Waals surface area contributed by atoms with Crippen LogP contribution in [0.5, 0.6) is 0 Å². The van der Waals surface area contributed by atoms with E-state index >= 15 is 0 Å². The smallest absolute Gasteiger partial charge is 0.382 e. The van der Waals surface area contributed by atoms with Crippen molar-refractivity contribution >= 4 is 23.0 Å². The molecule has 3 rings (SSSR count). The summed E-state index contributed by atoms with van der Waals surface area (Å²) in [5.41, 5.74) is -0.895. The van der Waals surface area contributed by atoms with E-state index in [4.69, 9.17) is 11.6 Å². The number of alkyl halides is 3. The van der Waals surface area contributed by atoms with Gasteiger partial charge in [0.1, 0.15) is 10.8 Å². The van der Waals surface area contributed by atoms with Gasteiger partial charge in [-0.05, 0) is 30.7 Å². The van der Waals surface area contributed by atoms with Crippen molar-refractivity contribution in [1.29, 1.82) is 0 Å². The lowest BCUT2D eigenvalue weighted by atomic mass is 10.2. The van der Waals surface area contributed by atoms with Crippen molar-refractivity contribution in [2.75, 3.05) is 30.4 Å². The van der Waals surface area contributed by atoms with Crippen LogP contribution in [0.25, 0.3) is 5.82 Å². The molecule has 0 saturated heterocycles. The molecule has 6 nitrogen and oxygen atoms in total. The molecule has 0 atom stereocenters. The molecule has 1 aromatic carbocycles. The first-order valence-electron chi connectivity index (χ1n) is 9.19. The van der Waals surface area contributed by atoms with Crippen molar-refractivity contribution in [2.45, 2.75) is 12.6 Å². The van der Waals surface area contributed by atoms with Gasteiger partial charge in [0.2, 0.25) is 0 Å². The van der Waals surface area contributed by atoms with Crippen LogP contribution >= 0.6 is 11.6 Å². The normalized spacial score (nSPS) is 11.4. The van der Waals surface area contributed by atoms with E-state index in [2.05, 4.69) is 15.4 Å². The maximum atomic E-state index is 13.8. The molecule has 3 aromatic rings. The van der Waals surface area contributed by atoms with Gasteiger partial charge in [-0.15, -0.1) is 0 Å². The Hall–Kier alpha value is -3.14. The summed E-state index contributed by atoms with van der Waals surface area (Å²) in [7, 11) is 1.77. The van der Waals surface area contributed by atoms with Gasteiger partial charge in [-0.25, -0.2) is 9.37 Å². The molecule has 11 heteroatoms. The number of rotatable bonds is 7. The number of pyridine rings is 1. The highest BCUT2D eigenvalue weighted by atomic mass is 35.5. The molecule has 0 aliphatic heterocycles. The van der Waals surface area contributed by atoms with E-state index < -0.39 is 17.3 Å². The molecule has 0 aliphatic rings. The summed E-state index contributed by atoms with van der Waals surface area (Å²) in [6.45, 7) is 0.980. The van der Waals surface area contributed by atoms with Crippen LogP contribution < -0.4 is 15.8 Å². The highest BCUT2D eigenvalue weighted by Gasteiger charge is 2.30. The predicted molar refractivity (Wildman–Crippen MR) is 110 cm³/mol. The van der Waals surface area contributed by atoms with Gasteiger partial charge >= 0.3 is 6.18 Å². The number of hydrogen-bond acceptors (Lipinski definition) is 5. The first-order valence-corrected chi connectivity index (χ1v) is 9.57. The topological polar surface area (TPSA) is 63.1 Å². The molecule has 0 saturated carbocycles. The summed E-state index contributed by atoms with van der Waals surface area (Å²) in [5.74, 6) is -0.399. The van der Waals surface area contributed by atoms with Gasteiger partial charge in [-0.1, -0.05) is 23.7 Å². The fourth-order valence-corrected chi connectivity index (χ4v) is 3.01. The highest BCUT2D eigenvalue weighted by molar-refractivity contribution is 6.32. The molecule has 0 radical (unpaired) electrons. The fraction of sp³-hybridized carbons (Fsp3) is 0.250. The minimum Gasteiger partial charge on any atom is -0.382 e. The van der Waals surface area contributed by atoms with Crippen molar-refractivity contribution < 1.29 is 17.6 Å². The van der Waals surface area contributed by atoms with Crippen molar-refractivity contribution in [3.8, 4) is 5.82 Å². The third-order valence-corrected chi connectivity index (χ3v) is 4.83. The zero-order chi connectivity index (χ0) is 22.6. The van der Waals surface area contributed by atoms with Crippen LogP contribution in [0.2, 0.25) is 5.02 Å². The summed E-state index contributed by atoms with van der Waals surface area (Å²) in [6, 6.07) is 8.28. The number of benzene rings is 1. The van der Waals surface area contributed by atoms with E-state index in [0.29, 0.717) is 31.4 Å². The van der Waals surface area contributed by atoms with Crippen LogP contribution in [0.15, 0.2) is 53.6 Å². The Morgan fingerprint density at radius 1 is 1.16 bits per heavy atom. The second-order valence-electron chi connectivity index (χ2n) is 6.65. The molecule has 0 unspecified atom stereocenters. The van der Waals surface area contributed by atoms with Crippen molar-refractivity contribution in [3.63, 3.8) is 0 Å². The summed E-state index contributed by atoms with van der Waals surface area (Å²) in [4.78, 5) is 17.9. The maximum Gasteiger partial charge on any atom is 0.417 e. The summed E-state index contributed by atoms with van der Waals surface area (Å²) >= 11 is 6.11. The summed E-state index contributed by atoms with van der Waals surface area (Å²) in [6.07, 6.45) is -2.00. The third-order valence-electron chi connectivity index (χ3n) is 4.46. The van der Waals surface area contributed by atoms with Crippen molar-refractivity contribution in [2.24, 2.45) is 0 Å². The van der Waals surface area contributed by atoms with E-state index in [9.17, 15) is 22.4 Å². The van der Waals surface area contributed by atoms with Gasteiger partial charge in [0.15, 0.2) is 5.82 Å². The molecule has 0 bridgehead atoms. The van der Waals surface area contributed by atoms with Crippen LogP contribution in [-0.4, -0.2) is 34.9 Å². The zero-order valence-electron chi connectivity index (χ0n) is 16.3. The Kier molecular flexibility index (Phi) is 6.79. The lowest BCUT2D eigenvalue weighted by Crippen LogP contribution is -2.25. The molecule has 2 heterocycles. The molecule has 0 spiro atoms. The molecule has 0 fully saturated rings. The van der Waals surface area contributed by atoms with Crippen LogP contribution in [0.3, 0.4) is 0 Å². The van der Waals surface area contributed by atoms with Gasteiger partial charge in [-0.3, -0.25) is 4.79 Å². The summed E-state index contributed by atoms with van der Waals surface area (Å²) < 4.78 is 52.6. The Labute approximate surface area is 180 Å². The van der Waals surface area contributed by atoms with E-state index in [-0.39, 0.29) is 22.3 Å². The molecule has 1 N–H and O–H groups in total. The van der Waals surface area contributed by atoms with Crippen LogP contribution in [-0.2, 0) is 6.18 Å². The minimum absolute atomic E-state index is 0.0852. The van der Waals surface area contributed by atoms with Crippen LogP contribution in [0, 0.1) is 5.82 Å². The number of halogens is 5. The zero-order valence-corrected chi connectivity index (χ0v) is 17.1. The van der Waals surface area contributed by atoms with Gasteiger partial charge in [0.25, 0.3) is 5.56 Å². The third kappa shape index (κ3) is 5.32. The Morgan fingerprint density at radius 3 is 2.55 bits per heavy atom. The number of aromatic nitrogens is 3. The van der Waals surface area contributed by atoms with E-state index in [1.54, 1.807) is 30.1 Å². The fourth-order valence-electron chi connectivity index (χ4n) is 2.82. The summed E-state index contributed by atoms with van der Waals surface area (Å²) in [5, 5.41) is 6.75. The first kappa shape index (κ1) is 22.5. The molecule has 2 aromatic heterocycles. The number of para-hydroxylation sites is 1. The minimum atomic E-state index is -4.53. The average molecular weight is 456 g/mol. The Bertz CT molecular complexity index is 1100. The lowest BCUT2D eigenvalue weighted by Gasteiger charge is -2.20. The van der Waals surface area contributed by atoms with E-state index in [1.807, 2.05) is 0 Å². The van der Waals surface area contributed by atoms with Crippen molar-refractivity contribution in [3.05, 3.63) is 75.5 Å². The van der Waals surface area contributed by atoms with E-state index in [1.165, 1.54) is 12.3 Å². The number of hydrogen-bond donors (Lipinski definition) is 1. The van der Waals surface area contributed by atoms with Gasteiger partial charge in [0, 0.05) is 26.3 Å². The molecule has 0 amide bonds. The Morgan fingerprint density at radius 2 is 1.90 bits per heavy atom. The molecule has 31 heavy (non-hydrogen) atoms. The number of nitrogens with zero attached hydrogens (tertiary/aromatic N) is 4. The average Bonchev–Trinajstić information content (AvgIpc) is 2.74. The number of nitrogens with one attached hydrogen (secondary N) is 1. The number of anilines is 2. The molecule has 164 valence electrons. The van der Waals surface area contributed by atoms with Gasteiger partial charge < -0.3 is 10.2 Å². The van der Waals surface area contributed by atoms with Gasteiger partial charge in [0.05, 0.1) is 23.1 Å². The Balaban J connectivity index is 1.63. The van der Waals surface area contributed by atoms with E-state index in [0.717, 1.165) is 16.8 Å². The largest absolute Gasteiger partial charge is 0.417 e. The molecular weight excluding hydrogens is 438 g/mol. The second kappa shape index (κ2) is 9.34. The maximum absolute atomic E-state index is 13.8. The van der Waals surface area contributed by atoms with Crippen LogP contribution in [0.4, 0.5) is 28.9 Å². The SMILES string of the molecule is CN(CCCNc1cnn(-c2ccc(C(F)(F)F)cn2)c(=O)c1Cl)c1ccccc1F. The molecule has 0 aliphatic carbocycles. The van der Waals surface area contributed by atoms with Crippen molar-refractivity contribution in [1.82, 2.24) is 14.8 Å². The predicted octanol–water partition coefficient (Wildman–Crippen LogP) is 4.38. The van der Waals surface area contributed by atoms with Gasteiger partial charge in [-0.2, -0.15) is 23.0 Å². The first-order chi connectivity index (χ1) is 14.7. The second-order valence-corrected chi connectivity index (χ2v) is 7.02. The quantitative estimate of drug-likeness (QED) is 0.423. The van der Waals surface area contributed by atoms with Crippen LogP contribution in [0.1, 0.15) is 12.0 Å². The highest BCUT2D eigenvalue weighted by Crippen LogP contribution is 2.28. The lowest BCUT2D eigenvalue weighted by molar-refractivity contribution is -0.137. The standard InChI is InChI=1S/C20H18ClF4N5O/c1-29(16-6-3-2-5-14(16)22)10-4-9-26-15-12-28-30(19(31)18(15)21)17-8-7-13(11-27-17)20(23,24)25/h2-3,5-8,11-12,26H,4,9-10H2,1H3. The monoisotopic (exact) mass is 455 g/mol.